The highest BCUT2D eigenvalue weighted by atomic mass is 15.1. The first-order valence-corrected chi connectivity index (χ1v) is 7.25. The number of rotatable bonds is 2. The second-order valence-corrected chi connectivity index (χ2v) is 5.75. The smallest absolute Gasteiger partial charge is 0.0361 e. The van der Waals surface area contributed by atoms with Gasteiger partial charge in [0.2, 0.25) is 0 Å². The van der Waals surface area contributed by atoms with E-state index >= 15 is 0 Å². The standard InChI is InChI=1S/C20H17N/c1-21(2)17-11-9-14(10-12-17)19-13-16-7-3-5-15-6-4-8-18(19)20(15)16/h3-13H,1-2H3. The first-order chi connectivity index (χ1) is 10.2. The lowest BCUT2D eigenvalue weighted by molar-refractivity contribution is 1.13. The van der Waals surface area contributed by atoms with Gasteiger partial charge in [-0.3, -0.25) is 0 Å². The topological polar surface area (TPSA) is 3.24 Å². The molecular formula is C20H17N. The van der Waals surface area contributed by atoms with Crippen LogP contribution in [0.4, 0.5) is 5.69 Å². The van der Waals surface area contributed by atoms with Gasteiger partial charge in [-0.1, -0.05) is 48.5 Å². The van der Waals surface area contributed by atoms with Gasteiger partial charge in [-0.2, -0.15) is 0 Å². The highest BCUT2D eigenvalue weighted by Crippen LogP contribution is 2.39. The Bertz CT molecular complexity index is 849. The molecule has 0 bridgehead atoms. The lowest BCUT2D eigenvalue weighted by Crippen LogP contribution is -2.08. The van der Waals surface area contributed by atoms with Crippen molar-refractivity contribution in [2.24, 2.45) is 0 Å². The van der Waals surface area contributed by atoms with Gasteiger partial charge in [0, 0.05) is 19.8 Å². The summed E-state index contributed by atoms with van der Waals surface area (Å²) in [6.07, 6.45) is 2.31. The molecule has 0 heterocycles. The van der Waals surface area contributed by atoms with Crippen molar-refractivity contribution < 1.29 is 0 Å². The van der Waals surface area contributed by atoms with E-state index < -0.39 is 0 Å². The van der Waals surface area contributed by atoms with Gasteiger partial charge >= 0.3 is 0 Å². The van der Waals surface area contributed by atoms with Crippen LogP contribution in [0.2, 0.25) is 0 Å². The van der Waals surface area contributed by atoms with Crippen LogP contribution in [-0.4, -0.2) is 14.1 Å². The van der Waals surface area contributed by atoms with E-state index in [0.717, 1.165) is 0 Å². The molecule has 0 spiro atoms. The molecule has 3 aromatic carbocycles. The van der Waals surface area contributed by atoms with Gasteiger partial charge in [0.25, 0.3) is 0 Å². The van der Waals surface area contributed by atoms with E-state index in [-0.39, 0.29) is 0 Å². The van der Waals surface area contributed by atoms with Crippen LogP contribution in [0, 0.1) is 0 Å². The molecule has 21 heavy (non-hydrogen) atoms. The number of benzene rings is 3. The average molecular weight is 271 g/mol. The summed E-state index contributed by atoms with van der Waals surface area (Å²) in [5.74, 6) is 0. The van der Waals surface area contributed by atoms with Crippen LogP contribution in [0.5, 0.6) is 0 Å². The van der Waals surface area contributed by atoms with Gasteiger partial charge in [-0.25, -0.2) is 0 Å². The fourth-order valence-corrected chi connectivity index (χ4v) is 3.13. The van der Waals surface area contributed by atoms with Gasteiger partial charge in [0.1, 0.15) is 0 Å². The molecule has 3 aromatic rings. The minimum atomic E-state index is 1.23. The summed E-state index contributed by atoms with van der Waals surface area (Å²) in [6, 6.07) is 21.9. The molecule has 0 aromatic heterocycles. The third-order valence-electron chi connectivity index (χ3n) is 4.22. The van der Waals surface area contributed by atoms with E-state index in [1.165, 1.54) is 38.7 Å². The zero-order chi connectivity index (χ0) is 14.4. The van der Waals surface area contributed by atoms with Gasteiger partial charge < -0.3 is 4.90 Å². The van der Waals surface area contributed by atoms with E-state index in [9.17, 15) is 0 Å². The molecule has 0 amide bonds. The summed E-state index contributed by atoms with van der Waals surface area (Å²) in [5, 5.41) is 2.70. The second-order valence-electron chi connectivity index (χ2n) is 5.75. The van der Waals surface area contributed by atoms with Crippen LogP contribution < -0.4 is 4.90 Å². The van der Waals surface area contributed by atoms with Crippen LogP contribution >= 0.6 is 0 Å². The molecule has 0 fully saturated rings. The highest BCUT2D eigenvalue weighted by Gasteiger charge is 2.17. The number of nitrogens with zero attached hydrogens (tertiary/aromatic N) is 1. The van der Waals surface area contributed by atoms with E-state index in [1.54, 1.807) is 0 Å². The maximum absolute atomic E-state index is 2.31. The van der Waals surface area contributed by atoms with Crippen molar-refractivity contribution in [1.82, 2.24) is 0 Å². The van der Waals surface area contributed by atoms with E-state index in [4.69, 9.17) is 0 Å². The van der Waals surface area contributed by atoms with E-state index in [0.29, 0.717) is 0 Å². The van der Waals surface area contributed by atoms with Crippen molar-refractivity contribution in [2.45, 2.75) is 0 Å². The van der Waals surface area contributed by atoms with Crippen LogP contribution in [0.25, 0.3) is 22.4 Å². The van der Waals surface area contributed by atoms with Gasteiger partial charge in [0.15, 0.2) is 0 Å². The maximum Gasteiger partial charge on any atom is 0.0361 e. The Morgan fingerprint density at radius 2 is 1.48 bits per heavy atom. The van der Waals surface area contributed by atoms with Crippen LogP contribution in [0.15, 0.2) is 60.7 Å². The molecule has 1 aliphatic carbocycles. The minimum Gasteiger partial charge on any atom is -0.378 e. The zero-order valence-corrected chi connectivity index (χ0v) is 12.3. The van der Waals surface area contributed by atoms with Gasteiger partial charge in [0.05, 0.1) is 0 Å². The summed E-state index contributed by atoms with van der Waals surface area (Å²) in [7, 11) is 4.14. The quantitative estimate of drug-likeness (QED) is 0.506. The number of anilines is 1. The van der Waals surface area contributed by atoms with Crippen molar-refractivity contribution in [3.05, 3.63) is 77.4 Å². The minimum absolute atomic E-state index is 1.23. The normalized spacial score (nSPS) is 12.6. The molecule has 1 aliphatic rings. The van der Waals surface area contributed by atoms with E-state index in [2.05, 4.69) is 85.7 Å². The lowest BCUT2D eigenvalue weighted by Gasteiger charge is -2.13. The Hall–Kier alpha value is -2.54. The molecular weight excluding hydrogens is 254 g/mol. The molecule has 1 heteroatoms. The predicted molar refractivity (Wildman–Crippen MR) is 91.7 cm³/mol. The molecule has 0 radical (unpaired) electrons. The van der Waals surface area contributed by atoms with Crippen molar-refractivity contribution in [3.63, 3.8) is 0 Å². The van der Waals surface area contributed by atoms with Gasteiger partial charge in [-0.05, 0) is 51.2 Å². The van der Waals surface area contributed by atoms with Gasteiger partial charge in [-0.15, -0.1) is 0 Å². The Morgan fingerprint density at radius 1 is 0.762 bits per heavy atom. The molecule has 1 nitrogen and oxygen atoms in total. The predicted octanol–water partition coefficient (Wildman–Crippen LogP) is 4.81. The Balaban J connectivity index is 1.87. The summed E-state index contributed by atoms with van der Waals surface area (Å²) in [5.41, 5.74) is 6.51. The molecule has 4 rings (SSSR count). The van der Waals surface area contributed by atoms with Crippen LogP contribution in [0.1, 0.15) is 16.7 Å². The van der Waals surface area contributed by atoms with Crippen LogP contribution in [-0.2, 0) is 0 Å². The number of hydrogen-bond acceptors (Lipinski definition) is 1. The summed E-state index contributed by atoms with van der Waals surface area (Å²) < 4.78 is 0. The van der Waals surface area contributed by atoms with E-state index in [1.807, 2.05) is 0 Å². The summed E-state index contributed by atoms with van der Waals surface area (Å²) in [6.45, 7) is 0. The molecule has 102 valence electrons. The molecule has 0 atom stereocenters. The monoisotopic (exact) mass is 271 g/mol. The molecule has 0 saturated heterocycles. The summed E-state index contributed by atoms with van der Waals surface area (Å²) in [4.78, 5) is 2.13. The number of hydrogen-bond donors (Lipinski definition) is 0. The fourth-order valence-electron chi connectivity index (χ4n) is 3.13. The van der Waals surface area contributed by atoms with Crippen molar-refractivity contribution >= 4 is 28.1 Å². The Morgan fingerprint density at radius 3 is 2.19 bits per heavy atom. The third-order valence-corrected chi connectivity index (χ3v) is 4.22. The lowest BCUT2D eigenvalue weighted by atomic mass is 9.98. The third kappa shape index (κ3) is 1.85. The Kier molecular flexibility index (Phi) is 2.61. The van der Waals surface area contributed by atoms with Crippen LogP contribution in [0.3, 0.4) is 0 Å². The first-order valence-electron chi connectivity index (χ1n) is 7.25. The summed E-state index contributed by atoms with van der Waals surface area (Å²) >= 11 is 0. The molecule has 0 saturated carbocycles. The average Bonchev–Trinajstić information content (AvgIpc) is 2.89. The molecule has 0 aliphatic heterocycles. The largest absolute Gasteiger partial charge is 0.378 e. The Labute approximate surface area is 125 Å². The maximum atomic E-state index is 2.31. The van der Waals surface area contributed by atoms with Crippen molar-refractivity contribution in [2.75, 3.05) is 19.0 Å². The van der Waals surface area contributed by atoms with Crippen molar-refractivity contribution in [3.8, 4) is 0 Å². The SMILES string of the molecule is CN(C)c1ccc(C2=Cc3cccc4cccc2c34)cc1. The van der Waals surface area contributed by atoms with Crippen molar-refractivity contribution in [1.29, 1.82) is 0 Å². The first kappa shape index (κ1) is 12.2. The highest BCUT2D eigenvalue weighted by molar-refractivity contribution is 6.12. The fraction of sp³-hybridized carbons (Fsp3) is 0.100. The molecule has 0 unspecified atom stereocenters. The zero-order valence-electron chi connectivity index (χ0n) is 12.3. The second kappa shape index (κ2) is 4.49. The molecule has 0 N–H and O–H groups in total.